The number of pyridine rings is 2. The van der Waals surface area contributed by atoms with E-state index in [9.17, 15) is 0 Å². The van der Waals surface area contributed by atoms with Crippen molar-refractivity contribution in [1.82, 2.24) is 24.3 Å². The monoisotopic (exact) mass is 1090 g/mol. The van der Waals surface area contributed by atoms with E-state index in [0.29, 0.717) is 17.3 Å². The number of nitrogens with zero attached hydrogens (tertiary/aromatic N) is 6. The fourth-order valence-corrected chi connectivity index (χ4v) is 11.7. The molecule has 7 nitrogen and oxygen atoms in total. The molecular formula is C77H66N6O. The molecule has 0 spiro atoms. The van der Waals surface area contributed by atoms with Gasteiger partial charge in [0, 0.05) is 57.5 Å². The van der Waals surface area contributed by atoms with Crippen molar-refractivity contribution in [2.45, 2.75) is 73.1 Å². The van der Waals surface area contributed by atoms with Crippen LogP contribution in [0.5, 0.6) is 11.5 Å². The summed E-state index contributed by atoms with van der Waals surface area (Å²) in [7, 11) is 0. The van der Waals surface area contributed by atoms with Gasteiger partial charge in [-0.05, 0) is 134 Å². The molecule has 0 aliphatic carbocycles. The van der Waals surface area contributed by atoms with Crippen LogP contribution in [0.1, 0.15) is 69.4 Å². The molecule has 84 heavy (non-hydrogen) atoms. The van der Waals surface area contributed by atoms with Crippen molar-refractivity contribution in [1.29, 1.82) is 0 Å². The van der Waals surface area contributed by atoms with Crippen molar-refractivity contribution in [3.05, 3.63) is 271 Å². The first-order valence-electron chi connectivity index (χ1n) is 28.9. The third-order valence-corrected chi connectivity index (χ3v) is 16.2. The third kappa shape index (κ3) is 10.2. The predicted molar refractivity (Wildman–Crippen MR) is 345 cm³/mol. The lowest BCUT2D eigenvalue weighted by molar-refractivity contribution is -0.589. The first-order valence-corrected chi connectivity index (χ1v) is 28.9. The zero-order chi connectivity index (χ0) is 57.9. The summed E-state index contributed by atoms with van der Waals surface area (Å²) in [6.07, 6.45) is 5.82. The van der Waals surface area contributed by atoms with Crippen molar-refractivity contribution in [3.8, 4) is 96.0 Å². The second-order valence-electron chi connectivity index (χ2n) is 24.2. The molecule has 0 unspecified atom stereocenters. The minimum atomic E-state index is -0.150. The van der Waals surface area contributed by atoms with Gasteiger partial charge in [-0.2, -0.15) is 0 Å². The van der Waals surface area contributed by atoms with Crippen LogP contribution in [0.2, 0.25) is 0 Å². The fourth-order valence-electron chi connectivity index (χ4n) is 11.7. The molecule has 0 bridgehead atoms. The second-order valence-corrected chi connectivity index (χ2v) is 24.2. The Kier molecular flexibility index (Phi) is 13.6. The lowest BCUT2D eigenvalue weighted by atomic mass is 9.80. The molecule has 0 amide bonds. The molecular weight excluding hydrogens is 1020 g/mol. The van der Waals surface area contributed by atoms with Gasteiger partial charge in [0.2, 0.25) is 12.2 Å². The van der Waals surface area contributed by atoms with Crippen molar-refractivity contribution in [2.75, 3.05) is 0 Å². The third-order valence-electron chi connectivity index (χ3n) is 16.2. The molecule has 410 valence electrons. The molecule has 13 aromatic rings. The summed E-state index contributed by atoms with van der Waals surface area (Å²) in [5, 5.41) is 7.89. The quantitative estimate of drug-likeness (QED) is 0.0956. The lowest BCUT2D eigenvalue weighted by Gasteiger charge is -2.27. The summed E-state index contributed by atoms with van der Waals surface area (Å²) in [4.78, 5) is 10.7. The van der Waals surface area contributed by atoms with E-state index in [1.807, 2.05) is 23.0 Å². The van der Waals surface area contributed by atoms with E-state index >= 15 is 0 Å². The van der Waals surface area contributed by atoms with Gasteiger partial charge >= 0.3 is 0 Å². The largest absolute Gasteiger partial charge is 0.458 e. The summed E-state index contributed by atoms with van der Waals surface area (Å²) in [5.41, 5.74) is 20.0. The van der Waals surface area contributed by atoms with Crippen molar-refractivity contribution >= 4 is 21.8 Å². The molecule has 13 rings (SSSR count). The van der Waals surface area contributed by atoms with Crippen LogP contribution in [0.3, 0.4) is 0 Å². The number of aryl methyl sites for hydroxylation is 3. The Morgan fingerprint density at radius 3 is 1.58 bits per heavy atom. The molecule has 9 aromatic carbocycles. The number of hydrogen-bond acceptors (Lipinski definition) is 4. The van der Waals surface area contributed by atoms with Gasteiger partial charge in [-0.15, -0.1) is 4.68 Å². The Morgan fingerprint density at radius 2 is 1.00 bits per heavy atom. The average Bonchev–Trinajstić information content (AvgIpc) is 1.87. The Morgan fingerprint density at radius 1 is 0.429 bits per heavy atom. The van der Waals surface area contributed by atoms with E-state index in [-0.39, 0.29) is 10.8 Å². The van der Waals surface area contributed by atoms with Crippen molar-refractivity contribution in [3.63, 3.8) is 0 Å². The average molecular weight is 1090 g/mol. The maximum Gasteiger partial charge on any atom is 0.233 e. The van der Waals surface area contributed by atoms with Gasteiger partial charge < -0.3 is 9.30 Å². The summed E-state index contributed by atoms with van der Waals surface area (Å²) >= 11 is 0. The Balaban J connectivity index is 1.03. The van der Waals surface area contributed by atoms with Gasteiger partial charge in [0.25, 0.3) is 0 Å². The molecule has 0 fully saturated rings. The molecule has 4 aromatic heterocycles. The number of hydrogen-bond donors (Lipinski definition) is 0. The van der Waals surface area contributed by atoms with Gasteiger partial charge in [-0.1, -0.05) is 224 Å². The molecule has 0 N–H and O–H groups in total. The molecule has 0 saturated carbocycles. The molecule has 0 atom stereocenters. The first kappa shape index (κ1) is 53.3. The zero-order valence-corrected chi connectivity index (χ0v) is 49.1. The van der Waals surface area contributed by atoms with Crippen LogP contribution in [0, 0.1) is 27.1 Å². The van der Waals surface area contributed by atoms with Crippen LogP contribution in [-0.2, 0) is 10.8 Å². The molecule has 4 heterocycles. The van der Waals surface area contributed by atoms with Gasteiger partial charge in [-0.25, -0.2) is 4.98 Å². The minimum absolute atomic E-state index is 0.150. The second kappa shape index (κ2) is 21.4. The highest BCUT2D eigenvalue weighted by atomic mass is 16.5. The number of ether oxygens (including phenoxy) is 1. The molecule has 7 heteroatoms. The van der Waals surface area contributed by atoms with Crippen LogP contribution in [-0.4, -0.2) is 24.3 Å². The highest BCUT2D eigenvalue weighted by Gasteiger charge is 2.27. The maximum atomic E-state index is 7.20. The summed E-state index contributed by atoms with van der Waals surface area (Å²) < 4.78 is 13.4. The number of benzene rings is 9. The van der Waals surface area contributed by atoms with Crippen LogP contribution >= 0.6 is 0 Å². The number of rotatable bonds is 11. The van der Waals surface area contributed by atoms with Crippen molar-refractivity contribution in [2.24, 2.45) is 0 Å². The topological polar surface area (TPSA) is 61.6 Å². The Hall–Kier alpha value is -9.98. The minimum Gasteiger partial charge on any atom is -0.458 e. The van der Waals surface area contributed by atoms with Crippen LogP contribution in [0.4, 0.5) is 0 Å². The zero-order valence-electron chi connectivity index (χ0n) is 49.1. The predicted octanol–water partition coefficient (Wildman–Crippen LogP) is 19.2. The van der Waals surface area contributed by atoms with Crippen LogP contribution in [0.25, 0.3) is 106 Å². The standard InChI is InChI=1S/C77H66N6O/c1-50-24-22-25-51(2)73(50)68-45-62(84-61-37-38-65-66-41-57(53-26-14-10-15-27-53)36-39-69(66)83(70(65)46-61)71-40-52(3)67(48-78-71)56-32-20-13-21-33-56)47-72(79-68)82-49-81(60-43-58(76(4,5)6)42-59(44-60)77(7,8)9)75(80-82)74-63(54-28-16-11-17-29-54)34-23-35-64(74)55-30-18-12-19-31-55/h10-48H,1-9H3. The highest BCUT2D eigenvalue weighted by molar-refractivity contribution is 6.11. The maximum absolute atomic E-state index is 7.20. The van der Waals surface area contributed by atoms with Gasteiger partial charge in [0.15, 0.2) is 5.82 Å². The van der Waals surface area contributed by atoms with Crippen LogP contribution < -0.4 is 9.30 Å². The van der Waals surface area contributed by atoms with Crippen molar-refractivity contribution < 1.29 is 9.30 Å². The first-order chi connectivity index (χ1) is 40.6. The summed E-state index contributed by atoms with van der Waals surface area (Å²) in [6.45, 7) is 20.1. The molecule has 0 saturated heterocycles. The van der Waals surface area contributed by atoms with E-state index in [4.69, 9.17) is 19.8 Å². The lowest BCUT2D eigenvalue weighted by Crippen LogP contribution is -2.33. The van der Waals surface area contributed by atoms with E-state index in [1.54, 1.807) is 0 Å². The smallest absolute Gasteiger partial charge is 0.233 e. The normalized spacial score (nSPS) is 11.9. The van der Waals surface area contributed by atoms with Gasteiger partial charge in [0.05, 0.1) is 16.7 Å². The SMILES string of the molecule is Cc1cc(-n2c3ccc(-c4ccccc4)cc3c3ccc(Oc4cc(-c5c(C)cccc5C)nc(-n5[c-][n+](-c6cc(C(C)(C)C)cc(C(C)(C)C)c6)c(-c6c(-c7ccccc7)cccc6-c6ccccc6)n5)c4)cc32)ncc1-c1ccccc1. The van der Waals surface area contributed by atoms with E-state index in [0.717, 1.165) is 117 Å². The fraction of sp³-hybridized carbons (Fsp3) is 0.143. The highest BCUT2D eigenvalue weighted by Crippen LogP contribution is 2.42. The van der Waals surface area contributed by atoms with E-state index in [1.165, 1.54) is 11.1 Å². The van der Waals surface area contributed by atoms with Gasteiger partial charge in [0.1, 0.15) is 17.3 Å². The van der Waals surface area contributed by atoms with Crippen LogP contribution in [0.15, 0.2) is 237 Å². The van der Waals surface area contributed by atoms with E-state index < -0.39 is 0 Å². The molecule has 0 radical (unpaired) electrons. The summed E-state index contributed by atoms with van der Waals surface area (Å²) in [5.74, 6) is 3.35. The molecule has 0 aliphatic rings. The van der Waals surface area contributed by atoms with E-state index in [2.05, 4.69) is 296 Å². The van der Waals surface area contributed by atoms with Gasteiger partial charge in [-0.3, -0.25) is 9.55 Å². The Labute approximate surface area is 492 Å². The Bertz CT molecular complexity index is 4490. The summed E-state index contributed by atoms with van der Waals surface area (Å²) in [6, 6.07) is 81.5. The molecule has 0 aliphatic heterocycles. The number of aromatic nitrogens is 6. The number of fused-ring (bicyclic) bond motifs is 3.